The van der Waals surface area contributed by atoms with Crippen LogP contribution in [-0.4, -0.2) is 23.7 Å². The van der Waals surface area contributed by atoms with E-state index in [0.717, 1.165) is 10.0 Å². The van der Waals surface area contributed by atoms with Gasteiger partial charge in [-0.2, -0.15) is 0 Å². The van der Waals surface area contributed by atoms with E-state index in [0.29, 0.717) is 13.0 Å². The minimum atomic E-state index is -0.387. The van der Waals surface area contributed by atoms with Crippen molar-refractivity contribution in [3.8, 4) is 0 Å². The average molecular weight is 298 g/mol. The number of carbonyl (C=O) groups excluding carboxylic acids is 1. The quantitative estimate of drug-likeness (QED) is 0.820. The van der Waals surface area contributed by atoms with Crippen LogP contribution in [0.15, 0.2) is 34.8 Å². The van der Waals surface area contributed by atoms with Crippen LogP contribution in [0.1, 0.15) is 18.9 Å². The number of hydrogen-bond donors (Lipinski definition) is 2. The van der Waals surface area contributed by atoms with Gasteiger partial charge in [0.15, 0.2) is 0 Å². The van der Waals surface area contributed by atoms with Gasteiger partial charge in [-0.3, -0.25) is 4.79 Å². The second-order valence-corrected chi connectivity index (χ2v) is 4.64. The second-order valence-electron chi connectivity index (χ2n) is 3.78. The van der Waals surface area contributed by atoms with E-state index in [1.807, 2.05) is 24.3 Å². The summed E-state index contributed by atoms with van der Waals surface area (Å²) < 4.78 is 0.952. The third kappa shape index (κ3) is 5.65. The Hall–Kier alpha value is -1.13. The first kappa shape index (κ1) is 13.9. The fourth-order valence-electron chi connectivity index (χ4n) is 1.24. The number of rotatable bonds is 5. The van der Waals surface area contributed by atoms with Crippen LogP contribution in [0.25, 0.3) is 6.08 Å². The summed E-state index contributed by atoms with van der Waals surface area (Å²) in [6.45, 7) is 2.18. The Morgan fingerprint density at radius 1 is 1.53 bits per heavy atom. The lowest BCUT2D eigenvalue weighted by atomic mass is 10.2. The molecule has 1 aromatic rings. The lowest BCUT2D eigenvalue weighted by Gasteiger charge is -2.04. The monoisotopic (exact) mass is 297 g/mol. The summed E-state index contributed by atoms with van der Waals surface area (Å²) in [7, 11) is 0. The third-order valence-electron chi connectivity index (χ3n) is 2.18. The molecule has 0 aliphatic rings. The van der Waals surface area contributed by atoms with Crippen LogP contribution in [0.2, 0.25) is 0 Å². The average Bonchev–Trinajstić information content (AvgIpc) is 2.27. The smallest absolute Gasteiger partial charge is 0.244 e. The number of nitrogens with one attached hydrogen (secondary N) is 1. The van der Waals surface area contributed by atoms with Gasteiger partial charge in [-0.05, 0) is 31.1 Å². The highest BCUT2D eigenvalue weighted by molar-refractivity contribution is 9.10. The van der Waals surface area contributed by atoms with E-state index in [1.165, 1.54) is 6.08 Å². The highest BCUT2D eigenvalue weighted by atomic mass is 79.9. The first-order chi connectivity index (χ1) is 8.09. The molecule has 0 aliphatic heterocycles. The first-order valence-corrected chi connectivity index (χ1v) is 6.27. The van der Waals surface area contributed by atoms with E-state index in [2.05, 4.69) is 21.2 Å². The third-order valence-corrected chi connectivity index (χ3v) is 2.90. The summed E-state index contributed by atoms with van der Waals surface area (Å²) >= 11 is 3.40. The van der Waals surface area contributed by atoms with Crippen LogP contribution in [0, 0.1) is 0 Å². The molecular formula is C13H16BrNO2. The van der Waals surface area contributed by atoms with Crippen molar-refractivity contribution in [1.82, 2.24) is 5.32 Å². The normalized spacial score (nSPS) is 12.6. The molecule has 1 rings (SSSR count). The van der Waals surface area contributed by atoms with E-state index in [1.54, 1.807) is 13.0 Å². The van der Waals surface area contributed by atoms with Crippen molar-refractivity contribution in [3.63, 3.8) is 0 Å². The largest absolute Gasteiger partial charge is 0.393 e. The van der Waals surface area contributed by atoms with E-state index >= 15 is 0 Å². The van der Waals surface area contributed by atoms with Crippen LogP contribution in [-0.2, 0) is 4.79 Å². The molecule has 0 aromatic heterocycles. The van der Waals surface area contributed by atoms with Gasteiger partial charge in [0.1, 0.15) is 0 Å². The zero-order valence-electron chi connectivity index (χ0n) is 9.69. The Morgan fingerprint density at radius 3 is 2.88 bits per heavy atom. The summed E-state index contributed by atoms with van der Waals surface area (Å²) in [5.41, 5.74) is 0.957. The molecule has 0 spiro atoms. The van der Waals surface area contributed by atoms with Crippen molar-refractivity contribution in [2.75, 3.05) is 6.54 Å². The van der Waals surface area contributed by atoms with Crippen molar-refractivity contribution in [2.24, 2.45) is 0 Å². The SMILES string of the molecule is CC(O)CCNC(=O)C=Cc1ccccc1Br. The van der Waals surface area contributed by atoms with E-state index < -0.39 is 0 Å². The van der Waals surface area contributed by atoms with Crippen LogP contribution < -0.4 is 5.32 Å². The molecule has 0 radical (unpaired) electrons. The van der Waals surface area contributed by atoms with Crippen molar-refractivity contribution < 1.29 is 9.90 Å². The maximum Gasteiger partial charge on any atom is 0.244 e. The molecule has 2 N–H and O–H groups in total. The molecule has 0 bridgehead atoms. The fraction of sp³-hybridized carbons (Fsp3) is 0.308. The van der Waals surface area contributed by atoms with E-state index in [4.69, 9.17) is 5.11 Å². The molecule has 0 heterocycles. The summed E-state index contributed by atoms with van der Waals surface area (Å²) in [4.78, 5) is 11.4. The number of hydrogen-bond acceptors (Lipinski definition) is 2. The van der Waals surface area contributed by atoms with E-state index in [-0.39, 0.29) is 12.0 Å². The predicted octanol–water partition coefficient (Wildman–Crippen LogP) is 2.35. The highest BCUT2D eigenvalue weighted by Crippen LogP contribution is 2.16. The number of benzene rings is 1. The molecule has 1 amide bonds. The molecule has 4 heteroatoms. The molecule has 0 aliphatic carbocycles. The molecule has 0 saturated heterocycles. The van der Waals surface area contributed by atoms with Crippen molar-refractivity contribution in [2.45, 2.75) is 19.4 Å². The summed E-state index contributed by atoms with van der Waals surface area (Å²) in [6.07, 6.45) is 3.42. The zero-order chi connectivity index (χ0) is 12.7. The number of carbonyl (C=O) groups is 1. The number of amides is 1. The number of aliphatic hydroxyl groups is 1. The standard InChI is InChI=1S/C13H16BrNO2/c1-10(16)8-9-15-13(17)7-6-11-4-2-3-5-12(11)14/h2-7,10,16H,8-9H2,1H3,(H,15,17). The minimum Gasteiger partial charge on any atom is -0.393 e. The van der Waals surface area contributed by atoms with Gasteiger partial charge in [0, 0.05) is 17.1 Å². The lowest BCUT2D eigenvalue weighted by molar-refractivity contribution is -0.116. The molecule has 92 valence electrons. The molecule has 1 atom stereocenters. The van der Waals surface area contributed by atoms with Crippen LogP contribution in [0.3, 0.4) is 0 Å². The van der Waals surface area contributed by atoms with Crippen molar-refractivity contribution >= 4 is 27.9 Å². The molecule has 0 saturated carbocycles. The lowest BCUT2D eigenvalue weighted by Crippen LogP contribution is -2.24. The Labute approximate surface area is 110 Å². The Bertz CT molecular complexity index is 402. The van der Waals surface area contributed by atoms with Gasteiger partial charge in [0.2, 0.25) is 5.91 Å². The van der Waals surface area contributed by atoms with Gasteiger partial charge >= 0.3 is 0 Å². The van der Waals surface area contributed by atoms with Gasteiger partial charge in [0.05, 0.1) is 6.10 Å². The maximum absolute atomic E-state index is 11.4. The first-order valence-electron chi connectivity index (χ1n) is 5.48. The minimum absolute atomic E-state index is 0.151. The van der Waals surface area contributed by atoms with Gasteiger partial charge in [-0.25, -0.2) is 0 Å². The van der Waals surface area contributed by atoms with Crippen molar-refractivity contribution in [1.29, 1.82) is 0 Å². The molecule has 17 heavy (non-hydrogen) atoms. The zero-order valence-corrected chi connectivity index (χ0v) is 11.3. The summed E-state index contributed by atoms with van der Waals surface area (Å²) in [6, 6.07) is 7.68. The van der Waals surface area contributed by atoms with E-state index in [9.17, 15) is 4.79 Å². The van der Waals surface area contributed by atoms with Gasteiger partial charge in [0.25, 0.3) is 0 Å². The Morgan fingerprint density at radius 2 is 2.24 bits per heavy atom. The molecule has 0 fully saturated rings. The Kier molecular flexibility index (Phi) is 5.94. The number of halogens is 1. The Balaban J connectivity index is 2.43. The molecule has 1 aromatic carbocycles. The van der Waals surface area contributed by atoms with Crippen LogP contribution in [0.5, 0.6) is 0 Å². The number of aliphatic hydroxyl groups excluding tert-OH is 1. The molecular weight excluding hydrogens is 282 g/mol. The predicted molar refractivity (Wildman–Crippen MR) is 72.5 cm³/mol. The van der Waals surface area contributed by atoms with Crippen molar-refractivity contribution in [3.05, 3.63) is 40.4 Å². The van der Waals surface area contributed by atoms with Gasteiger partial charge in [-0.1, -0.05) is 34.1 Å². The van der Waals surface area contributed by atoms with Gasteiger partial charge in [-0.15, -0.1) is 0 Å². The van der Waals surface area contributed by atoms with Crippen LogP contribution >= 0.6 is 15.9 Å². The summed E-state index contributed by atoms with van der Waals surface area (Å²) in [5.74, 6) is -0.151. The highest BCUT2D eigenvalue weighted by Gasteiger charge is 1.98. The fourth-order valence-corrected chi connectivity index (χ4v) is 1.66. The van der Waals surface area contributed by atoms with Gasteiger partial charge < -0.3 is 10.4 Å². The van der Waals surface area contributed by atoms with Crippen LogP contribution in [0.4, 0.5) is 0 Å². The maximum atomic E-state index is 11.4. The second kappa shape index (κ2) is 7.25. The molecule has 3 nitrogen and oxygen atoms in total. The topological polar surface area (TPSA) is 49.3 Å². The molecule has 1 unspecified atom stereocenters. The summed E-state index contributed by atoms with van der Waals surface area (Å²) in [5, 5.41) is 11.7.